The Morgan fingerprint density at radius 3 is 2.11 bits per heavy atom. The summed E-state index contributed by atoms with van der Waals surface area (Å²) in [6, 6.07) is 53.2. The van der Waals surface area contributed by atoms with Crippen molar-refractivity contribution in [3.63, 3.8) is 0 Å². The van der Waals surface area contributed by atoms with E-state index in [0.29, 0.717) is 0 Å². The maximum atomic E-state index is 5.36. The predicted octanol–water partition coefficient (Wildman–Crippen LogP) is 12.2. The van der Waals surface area contributed by atoms with Crippen molar-refractivity contribution in [3.05, 3.63) is 157 Å². The summed E-state index contributed by atoms with van der Waals surface area (Å²) in [6.07, 6.45) is 0. The van der Waals surface area contributed by atoms with Crippen LogP contribution in [-0.4, -0.2) is 9.55 Å². The van der Waals surface area contributed by atoms with Gasteiger partial charge < -0.3 is 4.57 Å². The molecule has 0 spiro atoms. The summed E-state index contributed by atoms with van der Waals surface area (Å²) < 4.78 is 5.03. The average molecular weight is 619 g/mol. The third-order valence-corrected chi connectivity index (χ3v) is 11.4. The first-order valence-electron chi connectivity index (χ1n) is 16.2. The lowest BCUT2D eigenvalue weighted by atomic mass is 9.82. The van der Waals surface area contributed by atoms with Crippen molar-refractivity contribution in [2.45, 2.75) is 19.3 Å². The highest BCUT2D eigenvalue weighted by molar-refractivity contribution is 7.26. The molecule has 0 fully saturated rings. The van der Waals surface area contributed by atoms with Gasteiger partial charge in [0.2, 0.25) is 0 Å². The van der Waals surface area contributed by atoms with Crippen molar-refractivity contribution in [1.82, 2.24) is 9.55 Å². The second kappa shape index (κ2) is 9.75. The van der Waals surface area contributed by atoms with Gasteiger partial charge in [-0.3, -0.25) is 0 Å². The number of thiophene rings is 1. The van der Waals surface area contributed by atoms with Gasteiger partial charge in [-0.1, -0.05) is 123 Å². The van der Waals surface area contributed by atoms with Crippen LogP contribution in [0.3, 0.4) is 0 Å². The Bertz CT molecular complexity index is 2710. The number of fused-ring (bicyclic) bond motifs is 9. The fraction of sp³-hybridized carbons (Fsp3) is 0.0682. The summed E-state index contributed by atoms with van der Waals surface area (Å²) in [6.45, 7) is 4.72. The van der Waals surface area contributed by atoms with E-state index in [0.717, 1.165) is 22.6 Å². The molecule has 1 aliphatic rings. The van der Waals surface area contributed by atoms with E-state index in [1.165, 1.54) is 69.8 Å². The SMILES string of the molecule is CC1(C)c2ccccc2-c2cc3c(cc21)c1ccccc1n3-c1cc(-c2ccccc2)nc(-c2cccc3c2sc2ccccc23)c1. The Morgan fingerprint density at radius 1 is 0.511 bits per heavy atom. The van der Waals surface area contributed by atoms with Crippen LogP contribution in [0.1, 0.15) is 25.0 Å². The molecule has 0 aliphatic heterocycles. The molecule has 3 heteroatoms. The Hall–Kier alpha value is -5.51. The zero-order valence-electron chi connectivity index (χ0n) is 26.2. The summed E-state index contributed by atoms with van der Waals surface area (Å²) in [7, 11) is 0. The first kappa shape index (κ1) is 26.7. The minimum Gasteiger partial charge on any atom is -0.309 e. The van der Waals surface area contributed by atoms with E-state index in [4.69, 9.17) is 4.98 Å². The van der Waals surface area contributed by atoms with Crippen LogP contribution in [0.15, 0.2) is 146 Å². The number of benzene rings is 6. The minimum atomic E-state index is -0.0590. The molecule has 3 heterocycles. The smallest absolute Gasteiger partial charge is 0.0744 e. The Kier molecular flexibility index (Phi) is 5.53. The molecule has 222 valence electrons. The summed E-state index contributed by atoms with van der Waals surface area (Å²) >= 11 is 1.85. The van der Waals surface area contributed by atoms with E-state index in [1.807, 2.05) is 11.3 Å². The molecular weight excluding hydrogens is 589 g/mol. The molecule has 1 aliphatic carbocycles. The molecule has 0 N–H and O–H groups in total. The number of aromatic nitrogens is 2. The largest absolute Gasteiger partial charge is 0.309 e. The van der Waals surface area contributed by atoms with Gasteiger partial charge in [-0.25, -0.2) is 4.98 Å². The van der Waals surface area contributed by atoms with Crippen molar-refractivity contribution >= 4 is 53.3 Å². The maximum Gasteiger partial charge on any atom is 0.0744 e. The molecule has 0 unspecified atom stereocenters. The highest BCUT2D eigenvalue weighted by atomic mass is 32.1. The zero-order chi connectivity index (χ0) is 31.3. The normalized spacial score (nSPS) is 13.5. The monoisotopic (exact) mass is 618 g/mol. The van der Waals surface area contributed by atoms with Crippen LogP contribution in [0.5, 0.6) is 0 Å². The van der Waals surface area contributed by atoms with Crippen LogP contribution in [0.2, 0.25) is 0 Å². The molecule has 0 bridgehead atoms. The molecular formula is C44H30N2S. The van der Waals surface area contributed by atoms with Gasteiger partial charge in [0.05, 0.1) is 28.1 Å². The van der Waals surface area contributed by atoms with Gasteiger partial charge in [0, 0.05) is 47.5 Å². The van der Waals surface area contributed by atoms with E-state index in [9.17, 15) is 0 Å². The molecule has 2 nitrogen and oxygen atoms in total. The number of rotatable bonds is 3. The lowest BCUT2D eigenvalue weighted by molar-refractivity contribution is 0.661. The summed E-state index contributed by atoms with van der Waals surface area (Å²) in [4.78, 5) is 5.36. The highest BCUT2D eigenvalue weighted by Crippen LogP contribution is 2.51. The van der Waals surface area contributed by atoms with Gasteiger partial charge in [-0.05, 0) is 58.7 Å². The van der Waals surface area contributed by atoms with Crippen molar-refractivity contribution in [3.8, 4) is 39.3 Å². The van der Waals surface area contributed by atoms with Gasteiger partial charge in [0.1, 0.15) is 0 Å². The van der Waals surface area contributed by atoms with E-state index >= 15 is 0 Å². The van der Waals surface area contributed by atoms with Gasteiger partial charge in [0.15, 0.2) is 0 Å². The van der Waals surface area contributed by atoms with Gasteiger partial charge in [-0.2, -0.15) is 0 Å². The molecule has 0 radical (unpaired) electrons. The summed E-state index contributed by atoms with van der Waals surface area (Å²) in [5.74, 6) is 0. The van der Waals surface area contributed by atoms with E-state index in [1.54, 1.807) is 0 Å². The second-order valence-electron chi connectivity index (χ2n) is 13.2. The molecule has 0 amide bonds. The van der Waals surface area contributed by atoms with E-state index in [-0.39, 0.29) is 5.41 Å². The zero-order valence-corrected chi connectivity index (χ0v) is 27.0. The summed E-state index contributed by atoms with van der Waals surface area (Å²) in [5, 5.41) is 5.13. The molecule has 47 heavy (non-hydrogen) atoms. The summed E-state index contributed by atoms with van der Waals surface area (Å²) in [5.41, 5.74) is 13.2. The Balaban J connectivity index is 1.30. The van der Waals surface area contributed by atoms with Crippen molar-refractivity contribution in [1.29, 1.82) is 0 Å². The van der Waals surface area contributed by atoms with Crippen LogP contribution in [0, 0.1) is 0 Å². The number of hydrogen-bond acceptors (Lipinski definition) is 2. The van der Waals surface area contributed by atoms with Crippen LogP contribution < -0.4 is 0 Å². The van der Waals surface area contributed by atoms with Crippen molar-refractivity contribution < 1.29 is 0 Å². The standard InChI is InChI=1S/C44H30N2S/c1-44(2)36-20-9-6-15-29(36)34-26-41-35(25-37(34)44)30-16-7-10-21-40(30)46(41)28-23-38(27-13-4-3-5-14-27)45-39(24-28)33-19-12-18-32-31-17-8-11-22-42(31)47-43(32)33/h3-26H,1-2H3. The Labute approximate surface area is 277 Å². The van der Waals surface area contributed by atoms with E-state index in [2.05, 4.69) is 164 Å². The first-order valence-corrected chi connectivity index (χ1v) is 17.0. The first-order chi connectivity index (χ1) is 23.1. The number of para-hydroxylation sites is 1. The third-order valence-electron chi connectivity index (χ3n) is 10.2. The van der Waals surface area contributed by atoms with Crippen LogP contribution in [0.4, 0.5) is 0 Å². The average Bonchev–Trinajstić information content (AvgIpc) is 3.73. The quantitative estimate of drug-likeness (QED) is 0.193. The van der Waals surface area contributed by atoms with Crippen LogP contribution in [-0.2, 0) is 5.41 Å². The van der Waals surface area contributed by atoms with E-state index < -0.39 is 0 Å². The van der Waals surface area contributed by atoms with Crippen molar-refractivity contribution in [2.24, 2.45) is 0 Å². The maximum absolute atomic E-state index is 5.36. The molecule has 10 rings (SSSR count). The Morgan fingerprint density at radius 2 is 1.21 bits per heavy atom. The predicted molar refractivity (Wildman–Crippen MR) is 200 cm³/mol. The lowest BCUT2D eigenvalue weighted by Gasteiger charge is -2.21. The number of nitrogens with zero attached hydrogens (tertiary/aromatic N) is 2. The van der Waals surface area contributed by atoms with Gasteiger partial charge in [0.25, 0.3) is 0 Å². The molecule has 0 saturated carbocycles. The lowest BCUT2D eigenvalue weighted by Crippen LogP contribution is -2.14. The fourth-order valence-electron chi connectivity index (χ4n) is 7.93. The van der Waals surface area contributed by atoms with Gasteiger partial charge in [-0.15, -0.1) is 11.3 Å². The topological polar surface area (TPSA) is 17.8 Å². The third kappa shape index (κ3) is 3.81. The van der Waals surface area contributed by atoms with Crippen molar-refractivity contribution in [2.75, 3.05) is 0 Å². The molecule has 0 saturated heterocycles. The molecule has 3 aromatic heterocycles. The number of pyridine rings is 1. The fourth-order valence-corrected chi connectivity index (χ4v) is 9.16. The van der Waals surface area contributed by atoms with Crippen LogP contribution in [0.25, 0.3) is 81.3 Å². The minimum absolute atomic E-state index is 0.0590. The van der Waals surface area contributed by atoms with Gasteiger partial charge >= 0.3 is 0 Å². The highest BCUT2D eigenvalue weighted by Gasteiger charge is 2.36. The van der Waals surface area contributed by atoms with Crippen LogP contribution >= 0.6 is 11.3 Å². The second-order valence-corrected chi connectivity index (χ2v) is 14.2. The number of hydrogen-bond donors (Lipinski definition) is 0. The molecule has 0 atom stereocenters. The molecule has 9 aromatic rings. The molecule has 6 aromatic carbocycles.